The van der Waals surface area contributed by atoms with Gasteiger partial charge in [0.05, 0.1) is 6.54 Å². The molecule has 1 N–H and O–H groups in total. The average molecular weight is 254 g/mol. The third kappa shape index (κ3) is 3.25. The van der Waals surface area contributed by atoms with E-state index in [4.69, 9.17) is 0 Å². The van der Waals surface area contributed by atoms with Crippen molar-refractivity contribution in [1.82, 2.24) is 5.32 Å². The molecule has 1 aromatic rings. The van der Waals surface area contributed by atoms with Gasteiger partial charge in [0.2, 0.25) is 0 Å². The van der Waals surface area contributed by atoms with Crippen LogP contribution in [0.2, 0.25) is 0 Å². The molecule has 1 aromatic heterocycles. The van der Waals surface area contributed by atoms with Gasteiger partial charge in [-0.2, -0.15) is 0 Å². The van der Waals surface area contributed by atoms with E-state index in [9.17, 15) is 0 Å². The number of hydrogen-bond donors (Lipinski definition) is 1. The molecule has 0 fully saturated rings. The molecule has 1 atom stereocenters. The second kappa shape index (κ2) is 5.73. The Morgan fingerprint density at radius 1 is 1.56 bits per heavy atom. The van der Waals surface area contributed by atoms with Crippen LogP contribution in [0.15, 0.2) is 22.5 Å². The van der Waals surface area contributed by atoms with Crippen molar-refractivity contribution in [3.05, 3.63) is 22.4 Å². The molecule has 16 heavy (non-hydrogen) atoms. The highest BCUT2D eigenvalue weighted by molar-refractivity contribution is 8.14. The minimum absolute atomic E-state index is 0.671. The lowest BCUT2D eigenvalue weighted by molar-refractivity contribution is 0.621. The Morgan fingerprint density at radius 2 is 2.44 bits per heavy atom. The Morgan fingerprint density at radius 3 is 3.06 bits per heavy atom. The van der Waals surface area contributed by atoms with E-state index in [0.717, 1.165) is 24.7 Å². The smallest absolute Gasteiger partial charge is 0.156 e. The number of nitrogens with zero attached hydrogens (tertiary/aromatic N) is 1. The summed E-state index contributed by atoms with van der Waals surface area (Å²) in [5.41, 5.74) is 0. The van der Waals surface area contributed by atoms with Gasteiger partial charge in [-0.1, -0.05) is 31.7 Å². The Kier molecular flexibility index (Phi) is 4.29. The van der Waals surface area contributed by atoms with Gasteiger partial charge in [-0.05, 0) is 23.8 Å². The van der Waals surface area contributed by atoms with E-state index in [1.807, 2.05) is 23.1 Å². The fourth-order valence-corrected chi connectivity index (χ4v) is 3.33. The van der Waals surface area contributed by atoms with E-state index in [0.29, 0.717) is 11.2 Å². The van der Waals surface area contributed by atoms with Crippen molar-refractivity contribution in [1.29, 1.82) is 0 Å². The normalized spacial score (nSPS) is 20.2. The Hall–Kier alpha value is -0.480. The highest BCUT2D eigenvalue weighted by Crippen LogP contribution is 2.25. The van der Waals surface area contributed by atoms with Gasteiger partial charge >= 0.3 is 0 Å². The van der Waals surface area contributed by atoms with Crippen molar-refractivity contribution < 1.29 is 0 Å². The van der Waals surface area contributed by atoms with Crippen molar-refractivity contribution in [2.45, 2.75) is 25.5 Å². The number of hydrogen-bond acceptors (Lipinski definition) is 4. The van der Waals surface area contributed by atoms with Crippen LogP contribution >= 0.6 is 23.1 Å². The average Bonchev–Trinajstić information content (AvgIpc) is 2.87. The Labute approximate surface area is 106 Å². The van der Waals surface area contributed by atoms with Crippen molar-refractivity contribution in [3.8, 4) is 0 Å². The van der Waals surface area contributed by atoms with Gasteiger partial charge in [-0.3, -0.25) is 4.99 Å². The molecule has 4 heteroatoms. The van der Waals surface area contributed by atoms with Crippen molar-refractivity contribution in [2.75, 3.05) is 13.1 Å². The molecule has 0 saturated carbocycles. The summed E-state index contributed by atoms with van der Waals surface area (Å²) in [4.78, 5) is 5.97. The van der Waals surface area contributed by atoms with Crippen LogP contribution in [0.3, 0.4) is 0 Å². The molecule has 0 spiro atoms. The van der Waals surface area contributed by atoms with Crippen LogP contribution in [0, 0.1) is 5.92 Å². The molecular formula is C12H18N2S2. The van der Waals surface area contributed by atoms with Crippen LogP contribution in [0.1, 0.15) is 18.7 Å². The zero-order valence-electron chi connectivity index (χ0n) is 9.77. The summed E-state index contributed by atoms with van der Waals surface area (Å²) < 4.78 is 0. The minimum Gasteiger partial charge on any atom is -0.365 e. The lowest BCUT2D eigenvalue weighted by atomic mass is 10.1. The van der Waals surface area contributed by atoms with Crippen molar-refractivity contribution >= 4 is 28.3 Å². The van der Waals surface area contributed by atoms with E-state index >= 15 is 0 Å². The summed E-state index contributed by atoms with van der Waals surface area (Å²) in [5.74, 6) is 0.713. The van der Waals surface area contributed by atoms with Crippen molar-refractivity contribution in [2.24, 2.45) is 10.9 Å². The standard InChI is InChI=1S/C12H18N2S2/c1-9(2)11-8-14-12(16-11)13-6-5-10-4-3-7-15-10/h3-4,7,9,11H,5-6,8H2,1-2H3,(H,13,14). The molecule has 0 aromatic carbocycles. The third-order valence-electron chi connectivity index (χ3n) is 2.65. The van der Waals surface area contributed by atoms with Gasteiger partial charge in [0.1, 0.15) is 0 Å². The first kappa shape index (κ1) is 12.0. The van der Waals surface area contributed by atoms with Gasteiger partial charge in [-0.15, -0.1) is 11.3 Å². The molecular weight excluding hydrogens is 236 g/mol. The molecule has 1 aliphatic heterocycles. The zero-order valence-corrected chi connectivity index (χ0v) is 11.4. The minimum atomic E-state index is 0.671. The summed E-state index contributed by atoms with van der Waals surface area (Å²) in [6.45, 7) is 6.50. The van der Waals surface area contributed by atoms with E-state index < -0.39 is 0 Å². The second-order valence-corrected chi connectivity index (χ2v) is 6.56. The van der Waals surface area contributed by atoms with Gasteiger partial charge in [0.25, 0.3) is 0 Å². The number of nitrogens with one attached hydrogen (secondary N) is 1. The van der Waals surface area contributed by atoms with Gasteiger partial charge in [0, 0.05) is 16.7 Å². The van der Waals surface area contributed by atoms with Crippen LogP contribution in [0.5, 0.6) is 0 Å². The first-order valence-corrected chi connectivity index (χ1v) is 7.49. The fourth-order valence-electron chi connectivity index (χ4n) is 1.58. The molecule has 2 nitrogen and oxygen atoms in total. The van der Waals surface area contributed by atoms with Gasteiger partial charge in [0.15, 0.2) is 5.17 Å². The summed E-state index contributed by atoms with van der Waals surface area (Å²) in [5, 5.41) is 7.36. The van der Waals surface area contributed by atoms with E-state index in [2.05, 4.69) is 41.7 Å². The molecule has 0 aliphatic carbocycles. The fraction of sp³-hybridized carbons (Fsp3) is 0.583. The molecule has 0 bridgehead atoms. The summed E-state index contributed by atoms with van der Waals surface area (Å²) in [6, 6.07) is 4.30. The number of amidine groups is 1. The lowest BCUT2D eigenvalue weighted by Gasteiger charge is -2.11. The maximum absolute atomic E-state index is 4.53. The number of rotatable bonds is 4. The zero-order chi connectivity index (χ0) is 11.4. The van der Waals surface area contributed by atoms with Crippen molar-refractivity contribution in [3.63, 3.8) is 0 Å². The topological polar surface area (TPSA) is 24.4 Å². The molecule has 2 rings (SSSR count). The maximum Gasteiger partial charge on any atom is 0.156 e. The quantitative estimate of drug-likeness (QED) is 0.893. The molecule has 0 saturated heterocycles. The van der Waals surface area contributed by atoms with E-state index in [-0.39, 0.29) is 0 Å². The highest BCUT2D eigenvalue weighted by Gasteiger charge is 2.21. The van der Waals surface area contributed by atoms with E-state index in [1.165, 1.54) is 4.88 Å². The first-order chi connectivity index (χ1) is 7.75. The van der Waals surface area contributed by atoms with Crippen LogP contribution < -0.4 is 5.32 Å². The predicted molar refractivity (Wildman–Crippen MR) is 74.5 cm³/mol. The predicted octanol–water partition coefficient (Wildman–Crippen LogP) is 3.01. The largest absolute Gasteiger partial charge is 0.365 e. The first-order valence-electron chi connectivity index (χ1n) is 5.73. The SMILES string of the molecule is CC(C)C1CN=C(NCCc2cccs2)S1. The molecule has 2 heterocycles. The number of thioether (sulfide) groups is 1. The second-order valence-electron chi connectivity index (χ2n) is 4.30. The summed E-state index contributed by atoms with van der Waals surface area (Å²) >= 11 is 3.72. The number of aliphatic imine (C=N–C) groups is 1. The molecule has 88 valence electrons. The molecule has 0 radical (unpaired) electrons. The third-order valence-corrected chi connectivity index (χ3v) is 5.08. The molecule has 0 amide bonds. The molecule has 1 unspecified atom stereocenters. The summed E-state index contributed by atoms with van der Waals surface area (Å²) in [6.07, 6.45) is 1.10. The van der Waals surface area contributed by atoms with Gasteiger partial charge < -0.3 is 5.32 Å². The number of thiophene rings is 1. The monoisotopic (exact) mass is 254 g/mol. The summed E-state index contributed by atoms with van der Waals surface area (Å²) in [7, 11) is 0. The van der Waals surface area contributed by atoms with Crippen LogP contribution in [0.4, 0.5) is 0 Å². The van der Waals surface area contributed by atoms with Gasteiger partial charge in [-0.25, -0.2) is 0 Å². The maximum atomic E-state index is 4.53. The Balaban J connectivity index is 1.68. The van der Waals surface area contributed by atoms with Crippen LogP contribution in [-0.4, -0.2) is 23.5 Å². The molecule has 1 aliphatic rings. The lowest BCUT2D eigenvalue weighted by Crippen LogP contribution is -2.22. The highest BCUT2D eigenvalue weighted by atomic mass is 32.2. The van der Waals surface area contributed by atoms with E-state index in [1.54, 1.807) is 0 Å². The Bertz CT molecular complexity index is 344. The van der Waals surface area contributed by atoms with Crippen LogP contribution in [-0.2, 0) is 6.42 Å². The van der Waals surface area contributed by atoms with Crippen LogP contribution in [0.25, 0.3) is 0 Å².